The van der Waals surface area contributed by atoms with Crippen molar-refractivity contribution in [1.29, 1.82) is 0 Å². The highest BCUT2D eigenvalue weighted by Gasteiger charge is 2.15. The molecule has 14 heavy (non-hydrogen) atoms. The second-order valence-corrected chi connectivity index (χ2v) is 4.01. The molecule has 0 saturated carbocycles. The first kappa shape index (κ1) is 9.95. The van der Waals surface area contributed by atoms with Crippen LogP contribution >= 0.6 is 15.9 Å². The molecule has 1 atom stereocenters. The fraction of sp³-hybridized carbons (Fsp3) is 0.625. The van der Waals surface area contributed by atoms with E-state index in [1.807, 2.05) is 6.20 Å². The fourth-order valence-corrected chi connectivity index (χ4v) is 1.67. The first-order valence-electron chi connectivity index (χ1n) is 4.43. The Bertz CT molecular complexity index is 290. The quantitative estimate of drug-likeness (QED) is 0.849. The van der Waals surface area contributed by atoms with Gasteiger partial charge in [0.1, 0.15) is 6.10 Å². The van der Waals surface area contributed by atoms with E-state index in [1.54, 1.807) is 4.68 Å². The molecule has 2 rings (SSSR count). The lowest BCUT2D eigenvalue weighted by Gasteiger charge is -2.22. The predicted molar refractivity (Wildman–Crippen MR) is 54.9 cm³/mol. The molecule has 1 aromatic heterocycles. The fourth-order valence-electron chi connectivity index (χ4n) is 1.36. The molecule has 2 heterocycles. The third kappa shape index (κ3) is 2.26. The number of hydrogen-bond donors (Lipinski definition) is 1. The van der Waals surface area contributed by atoms with Crippen molar-refractivity contribution in [2.75, 3.05) is 25.6 Å². The molecule has 0 aromatic carbocycles. The third-order valence-corrected chi connectivity index (χ3v) is 2.63. The van der Waals surface area contributed by atoms with Gasteiger partial charge in [-0.2, -0.15) is 5.10 Å². The van der Waals surface area contributed by atoms with Crippen molar-refractivity contribution in [2.45, 2.75) is 12.6 Å². The van der Waals surface area contributed by atoms with Gasteiger partial charge in [-0.1, -0.05) is 0 Å². The molecule has 1 aliphatic heterocycles. The molecule has 2 N–H and O–H groups in total. The average molecular weight is 262 g/mol. The molecular formula is C8H12BrN3O2. The second-order valence-electron chi connectivity index (χ2n) is 3.15. The van der Waals surface area contributed by atoms with Crippen molar-refractivity contribution in [1.82, 2.24) is 9.78 Å². The van der Waals surface area contributed by atoms with Gasteiger partial charge in [-0.05, 0) is 15.9 Å². The Labute approximate surface area is 90.3 Å². The SMILES string of the molecule is Nc1nn(CC2COCCO2)cc1Br. The summed E-state index contributed by atoms with van der Waals surface area (Å²) >= 11 is 3.30. The molecule has 1 saturated heterocycles. The molecule has 5 nitrogen and oxygen atoms in total. The Kier molecular flexibility index (Phi) is 3.05. The van der Waals surface area contributed by atoms with Crippen LogP contribution in [0.3, 0.4) is 0 Å². The summed E-state index contributed by atoms with van der Waals surface area (Å²) in [6.45, 7) is 2.64. The first-order chi connectivity index (χ1) is 6.75. The maximum atomic E-state index is 5.59. The molecule has 1 unspecified atom stereocenters. The lowest BCUT2D eigenvalue weighted by atomic mass is 10.3. The zero-order valence-electron chi connectivity index (χ0n) is 7.65. The number of anilines is 1. The van der Waals surface area contributed by atoms with Gasteiger partial charge >= 0.3 is 0 Å². The number of halogens is 1. The van der Waals surface area contributed by atoms with Crippen LogP contribution in [0.2, 0.25) is 0 Å². The number of hydrogen-bond acceptors (Lipinski definition) is 4. The topological polar surface area (TPSA) is 62.3 Å². The second kappa shape index (κ2) is 4.29. The van der Waals surface area contributed by atoms with Gasteiger partial charge in [0.25, 0.3) is 0 Å². The summed E-state index contributed by atoms with van der Waals surface area (Å²) in [7, 11) is 0. The van der Waals surface area contributed by atoms with E-state index in [1.165, 1.54) is 0 Å². The van der Waals surface area contributed by atoms with Crippen molar-refractivity contribution >= 4 is 21.7 Å². The van der Waals surface area contributed by atoms with Gasteiger partial charge in [0.15, 0.2) is 5.82 Å². The number of nitrogen functional groups attached to an aromatic ring is 1. The molecule has 78 valence electrons. The minimum absolute atomic E-state index is 0.0787. The summed E-state index contributed by atoms with van der Waals surface area (Å²) in [6.07, 6.45) is 1.92. The summed E-state index contributed by atoms with van der Waals surface area (Å²) < 4.78 is 13.3. The Balaban J connectivity index is 1.95. The van der Waals surface area contributed by atoms with Crippen LogP contribution in [-0.2, 0) is 16.0 Å². The molecule has 0 radical (unpaired) electrons. The number of rotatable bonds is 2. The van der Waals surface area contributed by atoms with Crippen molar-refractivity contribution < 1.29 is 9.47 Å². The predicted octanol–water partition coefficient (Wildman–Crippen LogP) is 0.643. The number of nitrogens with zero attached hydrogens (tertiary/aromatic N) is 2. The zero-order valence-corrected chi connectivity index (χ0v) is 9.24. The van der Waals surface area contributed by atoms with Gasteiger partial charge in [-0.25, -0.2) is 0 Å². The number of aromatic nitrogens is 2. The molecule has 1 aromatic rings. The van der Waals surface area contributed by atoms with Gasteiger partial charge in [0.2, 0.25) is 0 Å². The monoisotopic (exact) mass is 261 g/mol. The van der Waals surface area contributed by atoms with Crippen molar-refractivity contribution in [3.05, 3.63) is 10.7 Å². The third-order valence-electron chi connectivity index (χ3n) is 2.02. The van der Waals surface area contributed by atoms with Crippen LogP contribution in [0.15, 0.2) is 10.7 Å². The number of nitrogens with two attached hydrogens (primary N) is 1. The average Bonchev–Trinajstić information content (AvgIpc) is 2.47. The first-order valence-corrected chi connectivity index (χ1v) is 5.23. The highest BCUT2D eigenvalue weighted by molar-refractivity contribution is 9.10. The van der Waals surface area contributed by atoms with E-state index in [0.29, 0.717) is 32.2 Å². The van der Waals surface area contributed by atoms with Gasteiger partial charge in [-0.3, -0.25) is 4.68 Å². The normalized spacial score (nSPS) is 22.5. The molecule has 0 aliphatic carbocycles. The van der Waals surface area contributed by atoms with Crippen LogP contribution in [0.25, 0.3) is 0 Å². The molecule has 0 bridgehead atoms. The smallest absolute Gasteiger partial charge is 0.159 e. The lowest BCUT2D eigenvalue weighted by molar-refractivity contribution is -0.0946. The van der Waals surface area contributed by atoms with E-state index < -0.39 is 0 Å². The van der Waals surface area contributed by atoms with Crippen LogP contribution in [0.4, 0.5) is 5.82 Å². The summed E-state index contributed by atoms with van der Waals surface area (Å²) in [5, 5.41) is 4.12. The van der Waals surface area contributed by atoms with Crippen LogP contribution in [0, 0.1) is 0 Å². The Morgan fingerprint density at radius 1 is 1.64 bits per heavy atom. The van der Waals surface area contributed by atoms with E-state index in [-0.39, 0.29) is 6.10 Å². The standard InChI is InChI=1S/C8H12BrN3O2/c9-7-4-12(11-8(7)10)3-6-5-13-1-2-14-6/h4,6H,1-3,5H2,(H2,10,11). The Hall–Kier alpha value is -0.590. The largest absolute Gasteiger partial charge is 0.381 e. The molecule has 1 aliphatic rings. The minimum atomic E-state index is 0.0787. The van der Waals surface area contributed by atoms with Crippen molar-refractivity contribution in [2.24, 2.45) is 0 Å². The molecule has 1 fully saturated rings. The van der Waals surface area contributed by atoms with Gasteiger partial charge in [-0.15, -0.1) is 0 Å². The minimum Gasteiger partial charge on any atom is -0.381 e. The van der Waals surface area contributed by atoms with Crippen LogP contribution in [-0.4, -0.2) is 35.7 Å². The molecule has 6 heteroatoms. The van der Waals surface area contributed by atoms with Gasteiger partial charge in [0.05, 0.1) is 30.8 Å². The van der Waals surface area contributed by atoms with E-state index in [2.05, 4.69) is 21.0 Å². The highest BCUT2D eigenvalue weighted by atomic mass is 79.9. The summed E-state index contributed by atoms with van der Waals surface area (Å²) in [4.78, 5) is 0. The Morgan fingerprint density at radius 3 is 3.07 bits per heavy atom. The van der Waals surface area contributed by atoms with E-state index in [9.17, 15) is 0 Å². The van der Waals surface area contributed by atoms with Crippen LogP contribution in [0.5, 0.6) is 0 Å². The maximum Gasteiger partial charge on any atom is 0.159 e. The molecular weight excluding hydrogens is 250 g/mol. The highest BCUT2D eigenvalue weighted by Crippen LogP contribution is 2.17. The summed E-state index contributed by atoms with van der Waals surface area (Å²) in [6, 6.07) is 0. The number of ether oxygens (including phenoxy) is 2. The van der Waals surface area contributed by atoms with Crippen molar-refractivity contribution in [3.8, 4) is 0 Å². The van der Waals surface area contributed by atoms with E-state index in [4.69, 9.17) is 15.2 Å². The lowest BCUT2D eigenvalue weighted by Crippen LogP contribution is -2.32. The summed E-state index contributed by atoms with van der Waals surface area (Å²) in [5.41, 5.74) is 5.59. The van der Waals surface area contributed by atoms with Crippen LogP contribution in [0.1, 0.15) is 0 Å². The van der Waals surface area contributed by atoms with Gasteiger partial charge < -0.3 is 15.2 Å². The zero-order chi connectivity index (χ0) is 9.97. The maximum absolute atomic E-state index is 5.59. The van der Waals surface area contributed by atoms with E-state index >= 15 is 0 Å². The van der Waals surface area contributed by atoms with E-state index in [0.717, 1.165) is 4.47 Å². The van der Waals surface area contributed by atoms with Crippen molar-refractivity contribution in [3.63, 3.8) is 0 Å². The van der Waals surface area contributed by atoms with Gasteiger partial charge in [0, 0.05) is 6.20 Å². The van der Waals surface area contributed by atoms with Crippen LogP contribution < -0.4 is 5.73 Å². The Morgan fingerprint density at radius 2 is 2.50 bits per heavy atom. The molecule has 0 amide bonds. The summed E-state index contributed by atoms with van der Waals surface area (Å²) in [5.74, 6) is 0.502. The molecule has 0 spiro atoms.